The molecule has 24 heavy (non-hydrogen) atoms. The Kier molecular flexibility index (Phi) is 6.61. The SMILES string of the molecule is CCOc1ccc(S(=O)(=O)NCC#CCOc2cccnc2)cc1. The van der Waals surface area contributed by atoms with Gasteiger partial charge in [0.25, 0.3) is 0 Å². The zero-order valence-electron chi connectivity index (χ0n) is 13.2. The summed E-state index contributed by atoms with van der Waals surface area (Å²) < 4.78 is 37.2. The summed E-state index contributed by atoms with van der Waals surface area (Å²) in [6.07, 6.45) is 3.23. The third kappa shape index (κ3) is 5.57. The van der Waals surface area contributed by atoms with Gasteiger partial charge in [-0.25, -0.2) is 8.42 Å². The van der Waals surface area contributed by atoms with E-state index in [1.165, 1.54) is 12.1 Å². The first-order valence-electron chi connectivity index (χ1n) is 7.33. The molecule has 2 rings (SSSR count). The Balaban J connectivity index is 1.81. The first-order chi connectivity index (χ1) is 11.6. The van der Waals surface area contributed by atoms with Crippen LogP contribution in [0, 0.1) is 11.8 Å². The van der Waals surface area contributed by atoms with Gasteiger partial charge in [-0.05, 0) is 43.3 Å². The highest BCUT2D eigenvalue weighted by atomic mass is 32.2. The fourth-order valence-corrected chi connectivity index (χ4v) is 2.68. The van der Waals surface area contributed by atoms with Crippen LogP contribution < -0.4 is 14.2 Å². The van der Waals surface area contributed by atoms with Crippen LogP contribution >= 0.6 is 0 Å². The zero-order valence-corrected chi connectivity index (χ0v) is 14.0. The number of ether oxygens (including phenoxy) is 2. The van der Waals surface area contributed by atoms with E-state index in [2.05, 4.69) is 21.5 Å². The zero-order chi connectivity index (χ0) is 17.3. The van der Waals surface area contributed by atoms with Crippen LogP contribution in [0.15, 0.2) is 53.7 Å². The minimum Gasteiger partial charge on any atom is -0.494 e. The molecule has 1 aromatic heterocycles. The standard InChI is InChI=1S/C17H18N2O4S/c1-2-22-15-7-9-17(10-8-15)24(20,21)19-12-3-4-13-23-16-6-5-11-18-14-16/h5-11,14,19H,2,12-13H2,1H3. The lowest BCUT2D eigenvalue weighted by molar-refractivity contribution is 0.340. The lowest BCUT2D eigenvalue weighted by Crippen LogP contribution is -2.24. The summed E-state index contributed by atoms with van der Waals surface area (Å²) >= 11 is 0. The van der Waals surface area contributed by atoms with Crippen LogP contribution in [0.25, 0.3) is 0 Å². The second-order valence-electron chi connectivity index (χ2n) is 4.56. The van der Waals surface area contributed by atoms with Gasteiger partial charge < -0.3 is 9.47 Å². The monoisotopic (exact) mass is 346 g/mol. The van der Waals surface area contributed by atoms with Crippen molar-refractivity contribution in [2.24, 2.45) is 0 Å². The molecule has 0 atom stereocenters. The van der Waals surface area contributed by atoms with Gasteiger partial charge in [-0.2, -0.15) is 4.72 Å². The van der Waals surface area contributed by atoms with Gasteiger partial charge in [0.15, 0.2) is 0 Å². The third-order valence-electron chi connectivity index (χ3n) is 2.87. The Hall–Kier alpha value is -2.56. The van der Waals surface area contributed by atoms with Crippen LogP contribution in [0.1, 0.15) is 6.92 Å². The van der Waals surface area contributed by atoms with Gasteiger partial charge in [-0.1, -0.05) is 11.8 Å². The molecule has 0 fully saturated rings. The van der Waals surface area contributed by atoms with Gasteiger partial charge in [0.2, 0.25) is 10.0 Å². The number of sulfonamides is 1. The van der Waals surface area contributed by atoms with Crippen LogP contribution in [0.5, 0.6) is 11.5 Å². The Morgan fingerprint density at radius 1 is 1.08 bits per heavy atom. The largest absolute Gasteiger partial charge is 0.494 e. The molecular weight excluding hydrogens is 328 g/mol. The van der Waals surface area contributed by atoms with E-state index in [0.717, 1.165) is 0 Å². The highest BCUT2D eigenvalue weighted by Crippen LogP contribution is 2.15. The molecule has 126 valence electrons. The van der Waals surface area contributed by atoms with Crippen molar-refractivity contribution in [2.75, 3.05) is 19.8 Å². The number of nitrogens with one attached hydrogen (secondary N) is 1. The van der Waals surface area contributed by atoms with Gasteiger partial charge >= 0.3 is 0 Å². The average molecular weight is 346 g/mol. The van der Waals surface area contributed by atoms with Crippen molar-refractivity contribution in [1.82, 2.24) is 9.71 Å². The number of nitrogens with zero attached hydrogens (tertiary/aromatic N) is 1. The quantitative estimate of drug-likeness (QED) is 0.774. The second-order valence-corrected chi connectivity index (χ2v) is 6.33. The maximum Gasteiger partial charge on any atom is 0.241 e. The molecule has 0 aliphatic rings. The average Bonchev–Trinajstić information content (AvgIpc) is 2.60. The van der Waals surface area contributed by atoms with Gasteiger partial charge in [0.05, 0.1) is 24.2 Å². The predicted octanol–water partition coefficient (Wildman–Crippen LogP) is 1.84. The second kappa shape index (κ2) is 8.91. The van der Waals surface area contributed by atoms with Crippen LogP contribution in [0.3, 0.4) is 0 Å². The Morgan fingerprint density at radius 2 is 1.88 bits per heavy atom. The van der Waals surface area contributed by atoms with E-state index in [1.807, 2.05) is 6.92 Å². The molecule has 6 nitrogen and oxygen atoms in total. The first kappa shape index (κ1) is 17.8. The molecule has 1 N–H and O–H groups in total. The fraction of sp³-hybridized carbons (Fsp3) is 0.235. The summed E-state index contributed by atoms with van der Waals surface area (Å²) in [4.78, 5) is 4.08. The molecule has 0 spiro atoms. The molecule has 0 amide bonds. The molecule has 0 aliphatic heterocycles. The number of rotatable bonds is 7. The van der Waals surface area contributed by atoms with Gasteiger partial charge in [0, 0.05) is 6.20 Å². The molecule has 7 heteroatoms. The predicted molar refractivity (Wildman–Crippen MR) is 90.3 cm³/mol. The summed E-state index contributed by atoms with van der Waals surface area (Å²) in [5, 5.41) is 0. The van der Waals surface area contributed by atoms with Crippen molar-refractivity contribution in [3.63, 3.8) is 0 Å². The van der Waals surface area contributed by atoms with Gasteiger partial charge in [0.1, 0.15) is 18.1 Å². The molecular formula is C17H18N2O4S. The van der Waals surface area contributed by atoms with Crippen molar-refractivity contribution in [3.8, 4) is 23.3 Å². The summed E-state index contributed by atoms with van der Waals surface area (Å²) in [5.74, 6) is 6.68. The summed E-state index contributed by atoms with van der Waals surface area (Å²) in [7, 11) is -3.59. The summed E-state index contributed by atoms with van der Waals surface area (Å²) in [5.41, 5.74) is 0. The Labute approximate surface area is 141 Å². The maximum atomic E-state index is 12.1. The van der Waals surface area contributed by atoms with Crippen LogP contribution in [-0.4, -0.2) is 33.2 Å². The Bertz CT molecular complexity index is 794. The number of aromatic nitrogens is 1. The van der Waals surface area contributed by atoms with E-state index in [-0.39, 0.29) is 18.0 Å². The van der Waals surface area contributed by atoms with E-state index in [1.54, 1.807) is 36.7 Å². The number of hydrogen-bond acceptors (Lipinski definition) is 5. The van der Waals surface area contributed by atoms with Crippen molar-refractivity contribution in [2.45, 2.75) is 11.8 Å². The molecule has 0 bridgehead atoms. The van der Waals surface area contributed by atoms with Crippen LogP contribution in [0.4, 0.5) is 0 Å². The fourth-order valence-electron chi connectivity index (χ4n) is 1.76. The third-order valence-corrected chi connectivity index (χ3v) is 4.28. The molecule has 0 saturated heterocycles. The lowest BCUT2D eigenvalue weighted by atomic mass is 10.3. The van der Waals surface area contributed by atoms with Crippen LogP contribution in [-0.2, 0) is 10.0 Å². The van der Waals surface area contributed by atoms with E-state index in [4.69, 9.17) is 9.47 Å². The van der Waals surface area contributed by atoms with E-state index in [0.29, 0.717) is 18.1 Å². The lowest BCUT2D eigenvalue weighted by Gasteiger charge is -2.06. The molecule has 0 saturated carbocycles. The van der Waals surface area contributed by atoms with Gasteiger partial charge in [-0.3, -0.25) is 4.98 Å². The highest BCUT2D eigenvalue weighted by molar-refractivity contribution is 7.89. The molecule has 2 aromatic rings. The Morgan fingerprint density at radius 3 is 2.54 bits per heavy atom. The molecule has 0 aliphatic carbocycles. The van der Waals surface area contributed by atoms with E-state index in [9.17, 15) is 8.42 Å². The van der Waals surface area contributed by atoms with Crippen LogP contribution in [0.2, 0.25) is 0 Å². The highest BCUT2D eigenvalue weighted by Gasteiger charge is 2.12. The first-order valence-corrected chi connectivity index (χ1v) is 8.81. The topological polar surface area (TPSA) is 77.5 Å². The van der Waals surface area contributed by atoms with Crippen molar-refractivity contribution in [1.29, 1.82) is 0 Å². The number of hydrogen-bond donors (Lipinski definition) is 1. The normalized spacial score (nSPS) is 10.5. The van der Waals surface area contributed by atoms with E-state index < -0.39 is 10.0 Å². The minimum absolute atomic E-state index is 0.00590. The molecule has 1 heterocycles. The van der Waals surface area contributed by atoms with E-state index >= 15 is 0 Å². The van der Waals surface area contributed by atoms with Crippen molar-refractivity contribution < 1.29 is 17.9 Å². The molecule has 0 unspecified atom stereocenters. The molecule has 0 radical (unpaired) electrons. The maximum absolute atomic E-state index is 12.1. The summed E-state index contributed by atoms with van der Waals surface area (Å²) in [6, 6.07) is 9.74. The number of benzene rings is 1. The summed E-state index contributed by atoms with van der Waals surface area (Å²) in [6.45, 7) is 2.56. The number of pyridine rings is 1. The minimum atomic E-state index is -3.59. The van der Waals surface area contributed by atoms with Crippen molar-refractivity contribution in [3.05, 3.63) is 48.8 Å². The van der Waals surface area contributed by atoms with Crippen molar-refractivity contribution >= 4 is 10.0 Å². The smallest absolute Gasteiger partial charge is 0.241 e. The molecule has 1 aromatic carbocycles. The van der Waals surface area contributed by atoms with Gasteiger partial charge in [-0.15, -0.1) is 0 Å².